The second-order valence-corrected chi connectivity index (χ2v) is 9.52. The maximum Gasteiger partial charge on any atom is 0.131 e. The Morgan fingerprint density at radius 1 is 1.06 bits per heavy atom. The van der Waals surface area contributed by atoms with Gasteiger partial charge in [-0.25, -0.2) is 0 Å². The van der Waals surface area contributed by atoms with Crippen molar-refractivity contribution in [1.29, 1.82) is 0 Å². The van der Waals surface area contributed by atoms with E-state index in [4.69, 9.17) is 0 Å². The molecule has 16 heavy (non-hydrogen) atoms. The molecule has 0 amide bonds. The van der Waals surface area contributed by atoms with Gasteiger partial charge in [-0.1, -0.05) is 51.2 Å². The maximum absolute atomic E-state index is 3.58. The smallest absolute Gasteiger partial charge is 0.121 e. The zero-order valence-electron chi connectivity index (χ0n) is 10.5. The van der Waals surface area contributed by atoms with Gasteiger partial charge in [0.1, 0.15) is 8.07 Å². The summed E-state index contributed by atoms with van der Waals surface area (Å²) in [6, 6.07) is 0. The van der Waals surface area contributed by atoms with Crippen molar-refractivity contribution in [3.05, 3.63) is 57.8 Å². The molecule has 0 aromatic heterocycles. The number of hydrogen-bond donors (Lipinski definition) is 0. The van der Waals surface area contributed by atoms with Gasteiger partial charge in [0.15, 0.2) is 0 Å². The number of hydrogen-bond acceptors (Lipinski definition) is 0. The summed E-state index contributed by atoms with van der Waals surface area (Å²) in [7, 11) is -1.54. The van der Waals surface area contributed by atoms with Crippen molar-refractivity contribution < 1.29 is 0 Å². The van der Waals surface area contributed by atoms with Crippen molar-refractivity contribution >= 4 is 8.07 Å². The lowest BCUT2D eigenvalue weighted by Gasteiger charge is -2.20. The molecule has 0 atom stereocenters. The largest absolute Gasteiger partial charge is 0.131 e. The Balaban J connectivity index is 2.41. The van der Waals surface area contributed by atoms with Crippen LogP contribution in [0.4, 0.5) is 0 Å². The fourth-order valence-electron chi connectivity index (χ4n) is 1.98. The van der Waals surface area contributed by atoms with Gasteiger partial charge in [0, 0.05) is 0 Å². The van der Waals surface area contributed by atoms with Crippen LogP contribution in [0.15, 0.2) is 57.8 Å². The number of allylic oxidation sites excluding steroid dienone is 6. The van der Waals surface area contributed by atoms with Crippen LogP contribution in [-0.2, 0) is 0 Å². The first-order valence-electron chi connectivity index (χ1n) is 5.85. The molecule has 0 nitrogen and oxygen atoms in total. The lowest BCUT2D eigenvalue weighted by Crippen LogP contribution is -2.29. The summed E-state index contributed by atoms with van der Waals surface area (Å²) in [4.78, 5) is 0. The van der Waals surface area contributed by atoms with Gasteiger partial charge >= 0.3 is 0 Å². The van der Waals surface area contributed by atoms with E-state index in [-0.39, 0.29) is 0 Å². The van der Waals surface area contributed by atoms with Crippen LogP contribution in [0.2, 0.25) is 13.1 Å². The molecule has 0 heterocycles. The van der Waals surface area contributed by atoms with Gasteiger partial charge in [0.05, 0.1) is 0 Å². The zero-order chi connectivity index (χ0) is 11.8. The van der Waals surface area contributed by atoms with Crippen LogP contribution in [0.5, 0.6) is 0 Å². The summed E-state index contributed by atoms with van der Waals surface area (Å²) in [6.45, 7) is 9.18. The highest BCUT2D eigenvalue weighted by molar-refractivity contribution is 6.91. The Morgan fingerprint density at radius 2 is 1.81 bits per heavy atom. The zero-order valence-corrected chi connectivity index (χ0v) is 11.5. The normalized spacial score (nSPS) is 18.2. The Labute approximate surface area is 99.1 Å². The quantitative estimate of drug-likeness (QED) is 0.502. The Kier molecular flexibility index (Phi) is 2.78. The van der Waals surface area contributed by atoms with E-state index in [9.17, 15) is 0 Å². The van der Waals surface area contributed by atoms with E-state index in [0.717, 1.165) is 0 Å². The molecule has 2 rings (SSSR count). The summed E-state index contributed by atoms with van der Waals surface area (Å²) in [6.07, 6.45) is 10.8. The third-order valence-electron chi connectivity index (χ3n) is 3.28. The van der Waals surface area contributed by atoms with Gasteiger partial charge in [-0.15, -0.1) is 11.5 Å². The van der Waals surface area contributed by atoms with E-state index in [1.54, 1.807) is 0 Å². The minimum atomic E-state index is -1.54. The average Bonchev–Trinajstić information content (AvgIpc) is 2.90. The maximum atomic E-state index is 3.58. The molecule has 0 bridgehead atoms. The lowest BCUT2D eigenvalue weighted by molar-refractivity contribution is 0.795. The SMILES string of the molecule is CC(C)C1=C=C([Si](C)(C)C2=C=CC=C2)C=C1. The van der Waals surface area contributed by atoms with Crippen molar-refractivity contribution in [3.8, 4) is 0 Å². The first kappa shape index (κ1) is 11.2. The predicted molar refractivity (Wildman–Crippen MR) is 72.7 cm³/mol. The Bertz CT molecular complexity index is 498. The first-order valence-corrected chi connectivity index (χ1v) is 8.85. The van der Waals surface area contributed by atoms with Gasteiger partial charge in [-0.2, -0.15) is 0 Å². The van der Waals surface area contributed by atoms with E-state index >= 15 is 0 Å². The molecule has 0 saturated heterocycles. The van der Waals surface area contributed by atoms with Crippen molar-refractivity contribution in [2.24, 2.45) is 5.92 Å². The van der Waals surface area contributed by atoms with Crippen LogP contribution in [0.25, 0.3) is 0 Å². The second-order valence-electron chi connectivity index (χ2n) is 5.19. The fraction of sp³-hybridized carbons (Fsp3) is 0.333. The summed E-state index contributed by atoms with van der Waals surface area (Å²) >= 11 is 0. The van der Waals surface area contributed by atoms with Gasteiger partial charge in [0.2, 0.25) is 0 Å². The monoisotopic (exact) mass is 226 g/mol. The van der Waals surface area contributed by atoms with Crippen molar-refractivity contribution in [2.75, 3.05) is 0 Å². The van der Waals surface area contributed by atoms with Crippen LogP contribution >= 0.6 is 0 Å². The molecule has 82 valence electrons. The van der Waals surface area contributed by atoms with Crippen LogP contribution in [0.3, 0.4) is 0 Å². The molecule has 2 aliphatic carbocycles. The molecular weight excluding hydrogens is 208 g/mol. The molecule has 0 spiro atoms. The van der Waals surface area contributed by atoms with E-state index in [1.807, 2.05) is 6.08 Å². The van der Waals surface area contributed by atoms with Crippen molar-refractivity contribution in [2.45, 2.75) is 26.9 Å². The highest BCUT2D eigenvalue weighted by Crippen LogP contribution is 2.30. The van der Waals surface area contributed by atoms with Gasteiger partial charge in [0.25, 0.3) is 0 Å². The molecule has 0 aromatic rings. The lowest BCUT2D eigenvalue weighted by atomic mass is 10.1. The molecule has 0 fully saturated rings. The van der Waals surface area contributed by atoms with E-state index < -0.39 is 8.07 Å². The Morgan fingerprint density at radius 3 is 2.31 bits per heavy atom. The fourth-order valence-corrected chi connectivity index (χ4v) is 4.18. The molecule has 0 aromatic carbocycles. The van der Waals surface area contributed by atoms with Crippen LogP contribution in [0, 0.1) is 5.92 Å². The summed E-state index contributed by atoms with van der Waals surface area (Å²) in [5.74, 6) is 0.571. The first-order chi connectivity index (χ1) is 7.51. The molecule has 0 saturated carbocycles. The van der Waals surface area contributed by atoms with Crippen molar-refractivity contribution in [1.82, 2.24) is 0 Å². The molecule has 0 N–H and O–H groups in total. The molecule has 0 unspecified atom stereocenters. The second kappa shape index (κ2) is 3.96. The van der Waals surface area contributed by atoms with Gasteiger partial charge in [-0.3, -0.25) is 0 Å². The highest BCUT2D eigenvalue weighted by atomic mass is 28.3. The highest BCUT2D eigenvalue weighted by Gasteiger charge is 2.30. The third kappa shape index (κ3) is 1.86. The summed E-state index contributed by atoms with van der Waals surface area (Å²) in [5.41, 5.74) is 8.27. The van der Waals surface area contributed by atoms with E-state index in [2.05, 4.69) is 62.7 Å². The number of rotatable bonds is 3. The minimum Gasteiger partial charge on any atom is -0.121 e. The van der Waals surface area contributed by atoms with Crippen LogP contribution in [0.1, 0.15) is 13.8 Å². The Hall–Kier alpha value is -1.26. The molecule has 1 heteroatoms. The van der Waals surface area contributed by atoms with Gasteiger partial charge in [-0.05, 0) is 28.0 Å². The minimum absolute atomic E-state index is 0.571. The molecule has 0 aliphatic heterocycles. The molecule has 2 aliphatic rings. The summed E-state index contributed by atoms with van der Waals surface area (Å²) < 4.78 is 0. The van der Waals surface area contributed by atoms with Crippen molar-refractivity contribution in [3.63, 3.8) is 0 Å². The van der Waals surface area contributed by atoms with Crippen LogP contribution < -0.4 is 0 Å². The topological polar surface area (TPSA) is 0 Å². The standard InChI is InChI=1S/C15H18Si/c1-12(2)13-9-10-15(11-13)16(3,4)14-7-5-6-8-14/h5-7,9-10,12H,1-4H3. The molecular formula is C15H18Si. The van der Waals surface area contributed by atoms with Crippen LogP contribution in [-0.4, -0.2) is 8.07 Å². The average molecular weight is 226 g/mol. The van der Waals surface area contributed by atoms with Gasteiger partial charge < -0.3 is 0 Å². The summed E-state index contributed by atoms with van der Waals surface area (Å²) in [5, 5.41) is 2.78. The van der Waals surface area contributed by atoms with E-state index in [0.29, 0.717) is 5.92 Å². The molecule has 0 radical (unpaired) electrons. The third-order valence-corrected chi connectivity index (χ3v) is 6.57. The van der Waals surface area contributed by atoms with E-state index in [1.165, 1.54) is 16.0 Å². The predicted octanol–water partition coefficient (Wildman–Crippen LogP) is 4.10.